The summed E-state index contributed by atoms with van der Waals surface area (Å²) in [6.45, 7) is 27.2. The summed E-state index contributed by atoms with van der Waals surface area (Å²) in [5.74, 6) is 1.27. The van der Waals surface area contributed by atoms with Crippen molar-refractivity contribution in [2.45, 2.75) is 107 Å². The zero-order valence-electron chi connectivity index (χ0n) is 25.5. The van der Waals surface area contributed by atoms with Gasteiger partial charge in [-0.15, -0.1) is 19.8 Å². The van der Waals surface area contributed by atoms with Crippen molar-refractivity contribution in [1.29, 1.82) is 0 Å². The Morgan fingerprint density at radius 1 is 1.15 bits per heavy atom. The molecule has 224 valence electrons. The van der Waals surface area contributed by atoms with Crippen LogP contribution in [-0.4, -0.2) is 22.4 Å². The average Bonchev–Trinajstić information content (AvgIpc) is 3.23. The van der Waals surface area contributed by atoms with Gasteiger partial charge in [0, 0.05) is 13.3 Å². The number of carboxylic acid groups (broad SMARTS) is 1. The second-order valence-electron chi connectivity index (χ2n) is 8.04. The fourth-order valence-electron chi connectivity index (χ4n) is 2.88. The van der Waals surface area contributed by atoms with E-state index in [1.807, 2.05) is 73.6 Å². The molecule has 0 saturated carbocycles. The van der Waals surface area contributed by atoms with Gasteiger partial charge in [-0.1, -0.05) is 60.3 Å². The van der Waals surface area contributed by atoms with Crippen molar-refractivity contribution in [2.24, 2.45) is 0 Å². The molecule has 0 amide bonds. The Morgan fingerprint density at radius 3 is 2.03 bits per heavy atom. The number of ether oxygens (including phenoxy) is 2. The highest BCUT2D eigenvalue weighted by Crippen LogP contribution is 2.30. The number of halogens is 3. The highest BCUT2D eigenvalue weighted by atomic mass is 19.4. The first-order valence-corrected chi connectivity index (χ1v) is 13.0. The number of allylic oxidation sites excluding steroid dienone is 2. The van der Waals surface area contributed by atoms with Gasteiger partial charge in [-0.05, 0) is 63.3 Å². The number of carboxylic acids is 1. The van der Waals surface area contributed by atoms with Crippen molar-refractivity contribution in [3.63, 3.8) is 0 Å². The minimum Gasteiger partial charge on any atom is -0.483 e. The molecule has 2 aromatic rings. The maximum Gasteiger partial charge on any atom is 0.572 e. The summed E-state index contributed by atoms with van der Waals surface area (Å²) in [5, 5.41) is 8.80. The third-order valence-electron chi connectivity index (χ3n) is 4.23. The molecule has 0 aliphatic heterocycles. The largest absolute Gasteiger partial charge is 0.572 e. The monoisotopic (exact) mass is 559 g/mol. The van der Waals surface area contributed by atoms with Crippen LogP contribution in [0.2, 0.25) is 0 Å². The normalized spacial score (nSPS) is 10.5. The van der Waals surface area contributed by atoms with Crippen LogP contribution in [0.25, 0.3) is 0 Å². The molecule has 0 aliphatic rings. The summed E-state index contributed by atoms with van der Waals surface area (Å²) in [6, 6.07) is 5.74. The minimum absolute atomic E-state index is 0.131. The molecular formula is C30H48F3NO5. The van der Waals surface area contributed by atoms with E-state index in [1.54, 1.807) is 6.08 Å². The summed E-state index contributed by atoms with van der Waals surface area (Å²) in [5.41, 5.74) is 2.98. The number of rotatable bonds is 8. The van der Waals surface area contributed by atoms with Crippen LogP contribution < -0.4 is 4.74 Å². The number of carbonyl (C=O) groups is 1. The van der Waals surface area contributed by atoms with Gasteiger partial charge < -0.3 is 19.0 Å². The molecule has 0 fully saturated rings. The molecule has 1 aromatic carbocycles. The minimum atomic E-state index is -4.58. The Kier molecular flexibility index (Phi) is 22.4. The Morgan fingerprint density at radius 2 is 1.67 bits per heavy atom. The van der Waals surface area contributed by atoms with Crippen LogP contribution in [0.5, 0.6) is 5.75 Å². The van der Waals surface area contributed by atoms with E-state index in [2.05, 4.69) is 36.7 Å². The quantitative estimate of drug-likeness (QED) is 0.256. The lowest BCUT2D eigenvalue weighted by atomic mass is 10.0. The molecule has 1 N–H and O–H groups in total. The smallest absolute Gasteiger partial charge is 0.483 e. The van der Waals surface area contributed by atoms with Crippen molar-refractivity contribution >= 4 is 5.97 Å². The van der Waals surface area contributed by atoms with Gasteiger partial charge in [0.2, 0.25) is 0 Å². The van der Waals surface area contributed by atoms with Gasteiger partial charge in [-0.3, -0.25) is 4.79 Å². The lowest BCUT2D eigenvalue weighted by Crippen LogP contribution is -2.10. The van der Waals surface area contributed by atoms with Crippen LogP contribution in [0.15, 0.2) is 47.6 Å². The lowest BCUT2D eigenvalue weighted by Gasteiger charge is -2.16. The number of hydrogen-bond donors (Lipinski definition) is 1. The number of alkyl halides is 3. The molecule has 39 heavy (non-hydrogen) atoms. The molecule has 0 spiro atoms. The van der Waals surface area contributed by atoms with E-state index >= 15 is 0 Å². The predicted molar refractivity (Wildman–Crippen MR) is 152 cm³/mol. The number of aromatic nitrogens is 1. The van der Waals surface area contributed by atoms with Crippen molar-refractivity contribution in [1.82, 2.24) is 4.98 Å². The summed E-state index contributed by atoms with van der Waals surface area (Å²) in [7, 11) is 0. The van der Waals surface area contributed by atoms with Gasteiger partial charge in [0.1, 0.15) is 5.75 Å². The molecule has 6 nitrogen and oxygen atoms in total. The zero-order valence-corrected chi connectivity index (χ0v) is 25.5. The lowest BCUT2D eigenvalue weighted by molar-refractivity contribution is -0.304. The van der Waals surface area contributed by atoms with Gasteiger partial charge in [-0.2, -0.15) is 0 Å². The molecular weight excluding hydrogens is 511 g/mol. The maximum absolute atomic E-state index is 11.0. The fourth-order valence-corrected chi connectivity index (χ4v) is 2.88. The van der Waals surface area contributed by atoms with Crippen LogP contribution in [-0.2, 0) is 16.0 Å². The van der Waals surface area contributed by atoms with Crippen LogP contribution >= 0.6 is 0 Å². The second kappa shape index (κ2) is 21.7. The highest BCUT2D eigenvalue weighted by molar-refractivity contribution is 5.67. The Balaban J connectivity index is -0.000000721. The van der Waals surface area contributed by atoms with Gasteiger partial charge >= 0.3 is 12.3 Å². The van der Waals surface area contributed by atoms with Crippen LogP contribution in [0.4, 0.5) is 13.2 Å². The van der Waals surface area contributed by atoms with Crippen molar-refractivity contribution < 1.29 is 37.0 Å². The summed E-state index contributed by atoms with van der Waals surface area (Å²) >= 11 is 0. The summed E-state index contributed by atoms with van der Waals surface area (Å²) in [4.78, 5) is 15.1. The molecule has 1 heterocycles. The first-order valence-electron chi connectivity index (χ1n) is 13.0. The predicted octanol–water partition coefficient (Wildman–Crippen LogP) is 9.87. The molecule has 9 heteroatoms. The number of nitrogens with zero attached hydrogens (tertiary/aromatic N) is 1. The molecule has 1 aromatic heterocycles. The van der Waals surface area contributed by atoms with E-state index in [0.29, 0.717) is 12.3 Å². The third kappa shape index (κ3) is 19.5. The SMILES string of the molecule is C=C(C)OC(F)(F)F.C=CC.CC.CC.Cc1nc(C(C)C)c(C(C)Oc2ccc(CCC(=O)O)c(C)c2)o1. The topological polar surface area (TPSA) is 81.8 Å². The van der Waals surface area contributed by atoms with E-state index < -0.39 is 12.3 Å². The Labute approximate surface area is 232 Å². The molecule has 0 saturated heterocycles. The number of oxazole rings is 1. The Bertz CT molecular complexity index is 966. The van der Waals surface area contributed by atoms with Gasteiger partial charge in [0.25, 0.3) is 0 Å². The number of benzene rings is 1. The van der Waals surface area contributed by atoms with E-state index in [0.717, 1.165) is 35.3 Å². The molecule has 1 unspecified atom stereocenters. The second-order valence-corrected chi connectivity index (χ2v) is 8.04. The summed E-state index contributed by atoms with van der Waals surface area (Å²) < 4.78 is 48.1. The fraction of sp³-hybridized carbons (Fsp3) is 0.533. The van der Waals surface area contributed by atoms with E-state index in [1.165, 1.54) is 0 Å². The van der Waals surface area contributed by atoms with Crippen LogP contribution in [0.1, 0.15) is 109 Å². The third-order valence-corrected chi connectivity index (χ3v) is 4.23. The van der Waals surface area contributed by atoms with Crippen LogP contribution in [0, 0.1) is 13.8 Å². The maximum atomic E-state index is 11.0. The van der Waals surface area contributed by atoms with E-state index in [4.69, 9.17) is 14.3 Å². The number of hydrogen-bond acceptors (Lipinski definition) is 5. The van der Waals surface area contributed by atoms with Crippen molar-refractivity contribution in [3.05, 3.63) is 71.7 Å². The van der Waals surface area contributed by atoms with Gasteiger partial charge in [-0.25, -0.2) is 4.98 Å². The van der Waals surface area contributed by atoms with E-state index in [9.17, 15) is 18.0 Å². The van der Waals surface area contributed by atoms with Gasteiger partial charge in [0.15, 0.2) is 17.8 Å². The van der Waals surface area contributed by atoms with Crippen LogP contribution in [0.3, 0.4) is 0 Å². The molecule has 0 radical (unpaired) electrons. The Hall–Kier alpha value is -3.23. The van der Waals surface area contributed by atoms with Gasteiger partial charge in [0.05, 0.1) is 11.5 Å². The molecule has 0 aliphatic carbocycles. The molecule has 1 atom stereocenters. The molecule has 0 bridgehead atoms. The molecule has 2 rings (SSSR count). The van der Waals surface area contributed by atoms with E-state index in [-0.39, 0.29) is 24.2 Å². The highest BCUT2D eigenvalue weighted by Gasteiger charge is 2.30. The first-order chi connectivity index (χ1) is 18.1. The van der Waals surface area contributed by atoms with Crippen molar-refractivity contribution in [2.75, 3.05) is 0 Å². The average molecular weight is 560 g/mol. The summed E-state index contributed by atoms with van der Waals surface area (Å²) in [6.07, 6.45) is -2.42. The number of aryl methyl sites for hydroxylation is 3. The standard InChI is InChI=1S/C19H25NO4.C4H5F3O.C3H6.2C2H6/c1-11(2)18-19(24-14(5)20-18)13(4)23-16-8-6-15(12(3)10-16)7-9-17(21)22;1-3(2)8-4(5,6)7;1-3-2;2*1-2/h6,8,10-11,13H,7,9H2,1-5H3,(H,21,22);1H2,2H3;3H,1H2,2H3;2*1-2H3. The first kappa shape index (κ1) is 40.3. The number of aliphatic carboxylic acids is 1. The zero-order chi connectivity index (χ0) is 31.3. The van der Waals surface area contributed by atoms with Crippen molar-refractivity contribution in [3.8, 4) is 5.75 Å².